The molecule has 41 heavy (non-hydrogen) atoms. The van der Waals surface area contributed by atoms with Gasteiger partial charge in [-0.3, -0.25) is 0 Å². The van der Waals surface area contributed by atoms with E-state index in [0.29, 0.717) is 17.0 Å². The molecule has 1 unspecified atom stereocenters. The maximum atomic E-state index is 14.8. The van der Waals surface area contributed by atoms with Gasteiger partial charge in [-0.15, -0.1) is 13.2 Å². The zero-order valence-electron chi connectivity index (χ0n) is 21.4. The first-order valence-corrected chi connectivity index (χ1v) is 12.4. The Morgan fingerprint density at radius 1 is 0.854 bits per heavy atom. The molecule has 1 aliphatic carbocycles. The van der Waals surface area contributed by atoms with E-state index in [-0.39, 0.29) is 12.1 Å². The van der Waals surface area contributed by atoms with Gasteiger partial charge in [0.15, 0.2) is 0 Å². The highest BCUT2D eigenvalue weighted by atomic mass is 19.4. The number of esters is 1. The van der Waals surface area contributed by atoms with E-state index in [1.807, 2.05) is 12.1 Å². The van der Waals surface area contributed by atoms with Crippen molar-refractivity contribution in [1.29, 1.82) is 0 Å². The third-order valence-corrected chi connectivity index (χ3v) is 6.35. The number of carbonyl (C=O) groups excluding carboxylic acids is 1. The van der Waals surface area contributed by atoms with E-state index in [4.69, 9.17) is 0 Å². The molecule has 0 aromatic heterocycles. The molecule has 1 atom stereocenters. The van der Waals surface area contributed by atoms with Gasteiger partial charge in [-0.1, -0.05) is 61.9 Å². The highest BCUT2D eigenvalue weighted by Crippen LogP contribution is 2.40. The Morgan fingerprint density at radius 3 is 2.00 bits per heavy atom. The van der Waals surface area contributed by atoms with Gasteiger partial charge in [0.2, 0.25) is 0 Å². The number of hydrogen-bond donors (Lipinski definition) is 0. The first-order chi connectivity index (χ1) is 19.3. The quantitative estimate of drug-likeness (QED) is 0.151. The summed E-state index contributed by atoms with van der Waals surface area (Å²) in [7, 11) is 0. The van der Waals surface area contributed by atoms with Crippen molar-refractivity contribution in [2.75, 3.05) is 0 Å². The number of rotatable bonds is 8. The third-order valence-electron chi connectivity index (χ3n) is 6.35. The number of alkyl halides is 5. The average molecular weight is 582 g/mol. The van der Waals surface area contributed by atoms with Gasteiger partial charge in [0.1, 0.15) is 28.8 Å². The highest BCUT2D eigenvalue weighted by Gasteiger charge is 2.49. The van der Waals surface area contributed by atoms with Crippen molar-refractivity contribution in [3.8, 4) is 16.9 Å². The minimum Gasteiger partial charge on any atom is -0.423 e. The summed E-state index contributed by atoms with van der Waals surface area (Å²) >= 11 is 0. The van der Waals surface area contributed by atoms with E-state index in [1.54, 1.807) is 12.1 Å². The summed E-state index contributed by atoms with van der Waals surface area (Å²) in [5.74, 6) is -7.28. The van der Waals surface area contributed by atoms with Crippen molar-refractivity contribution < 1.29 is 49.4 Å². The Balaban J connectivity index is 1.47. The molecule has 0 heterocycles. The van der Waals surface area contributed by atoms with Crippen LogP contribution in [-0.2, 0) is 10.8 Å². The normalized spacial score (nSPS) is 15.5. The Bertz CT molecular complexity index is 1470. The fraction of sp³-hybridized carbons (Fsp3) is 0.233. The van der Waals surface area contributed by atoms with Crippen LogP contribution in [-0.4, -0.2) is 12.3 Å². The summed E-state index contributed by atoms with van der Waals surface area (Å²) in [6, 6.07) is 10.9. The van der Waals surface area contributed by atoms with Crippen LogP contribution in [0.5, 0.6) is 5.75 Å². The minimum absolute atomic E-state index is 0.0543. The molecule has 0 N–H and O–H groups in total. The maximum absolute atomic E-state index is 14.8. The molecule has 0 spiro atoms. The molecule has 3 aromatic carbocycles. The van der Waals surface area contributed by atoms with Gasteiger partial charge < -0.3 is 4.74 Å². The van der Waals surface area contributed by atoms with Crippen molar-refractivity contribution in [2.45, 2.75) is 38.7 Å². The van der Waals surface area contributed by atoms with E-state index in [0.717, 1.165) is 42.5 Å². The smallest absolute Gasteiger partial charge is 0.423 e. The fourth-order valence-corrected chi connectivity index (χ4v) is 4.42. The van der Waals surface area contributed by atoms with Crippen LogP contribution in [0.15, 0.2) is 72.8 Å². The summed E-state index contributed by atoms with van der Waals surface area (Å²) in [6.07, 6.45) is -1.70. The second kappa shape index (κ2) is 11.9. The van der Waals surface area contributed by atoms with E-state index in [1.165, 1.54) is 6.07 Å². The second-order valence-corrected chi connectivity index (χ2v) is 9.29. The standard InChI is InChI=1S/C30H22F8O3/c1-2-3-17-4-6-18(7-5-17)19-8-10-20(11-9-19)21-12-13-23(24(31)14-21)28(39)40-22-15-25(32)27(26(33)16-22)29(34,35)41-30(36,37)38/h4,6-17H,2-3,5H2,1H3. The summed E-state index contributed by atoms with van der Waals surface area (Å²) < 4.78 is 114. The molecule has 3 aromatic rings. The van der Waals surface area contributed by atoms with Gasteiger partial charge in [-0.2, -0.15) is 8.78 Å². The molecule has 0 bridgehead atoms. The molecule has 4 rings (SSSR count). The number of allylic oxidation sites excluding steroid dienone is 4. The summed E-state index contributed by atoms with van der Waals surface area (Å²) in [5.41, 5.74) is 0.126. The molecule has 3 nitrogen and oxygen atoms in total. The van der Waals surface area contributed by atoms with Crippen LogP contribution < -0.4 is 4.74 Å². The lowest BCUT2D eigenvalue weighted by Crippen LogP contribution is -2.29. The van der Waals surface area contributed by atoms with Crippen LogP contribution in [0.2, 0.25) is 0 Å². The van der Waals surface area contributed by atoms with Gasteiger partial charge in [0.05, 0.1) is 5.56 Å². The van der Waals surface area contributed by atoms with Gasteiger partial charge in [0.25, 0.3) is 0 Å². The molecule has 11 heteroatoms. The summed E-state index contributed by atoms with van der Waals surface area (Å²) in [6.45, 7) is 2.14. The Hall–Kier alpha value is -3.99. The Morgan fingerprint density at radius 2 is 1.46 bits per heavy atom. The van der Waals surface area contributed by atoms with Crippen LogP contribution in [0.4, 0.5) is 35.1 Å². The lowest BCUT2D eigenvalue weighted by atomic mass is 9.90. The lowest BCUT2D eigenvalue weighted by molar-refractivity contribution is -0.432. The molecular weight excluding hydrogens is 560 g/mol. The fourth-order valence-electron chi connectivity index (χ4n) is 4.42. The van der Waals surface area contributed by atoms with Crippen molar-refractivity contribution in [1.82, 2.24) is 0 Å². The SMILES string of the molecule is CCCC1C=CC(c2ccc(-c3ccc(C(=O)Oc4cc(F)c(C(F)(F)OC(F)(F)F)c(F)c4)c(F)c3)cc2)=CC1. The predicted molar refractivity (Wildman–Crippen MR) is 134 cm³/mol. The number of halogens is 8. The number of ether oxygens (including phenoxy) is 2. The van der Waals surface area contributed by atoms with Crippen molar-refractivity contribution in [2.24, 2.45) is 5.92 Å². The first kappa shape index (κ1) is 30.0. The molecule has 0 saturated heterocycles. The summed E-state index contributed by atoms with van der Waals surface area (Å²) in [4.78, 5) is 12.4. The molecular formula is C30H22F8O3. The predicted octanol–water partition coefficient (Wildman–Crippen LogP) is 9.34. The van der Waals surface area contributed by atoms with Crippen LogP contribution in [0.1, 0.15) is 47.7 Å². The molecule has 0 saturated carbocycles. The zero-order chi connectivity index (χ0) is 29.9. The molecule has 0 amide bonds. The van der Waals surface area contributed by atoms with E-state index < -0.39 is 52.8 Å². The van der Waals surface area contributed by atoms with E-state index in [2.05, 4.69) is 34.6 Å². The molecule has 0 aliphatic heterocycles. The van der Waals surface area contributed by atoms with Crippen LogP contribution in [0.3, 0.4) is 0 Å². The molecule has 0 fully saturated rings. The molecule has 216 valence electrons. The van der Waals surface area contributed by atoms with E-state index in [9.17, 15) is 39.9 Å². The van der Waals surface area contributed by atoms with Gasteiger partial charge in [0, 0.05) is 12.1 Å². The number of carbonyl (C=O) groups is 1. The van der Waals surface area contributed by atoms with Crippen LogP contribution >= 0.6 is 0 Å². The van der Waals surface area contributed by atoms with Gasteiger partial charge in [-0.05, 0) is 53.2 Å². The maximum Gasteiger partial charge on any atom is 0.527 e. The molecule has 1 aliphatic rings. The first-order valence-electron chi connectivity index (χ1n) is 12.4. The highest BCUT2D eigenvalue weighted by molar-refractivity contribution is 5.92. The Labute approximate surface area is 229 Å². The van der Waals surface area contributed by atoms with Gasteiger partial charge in [-0.25, -0.2) is 22.7 Å². The monoisotopic (exact) mass is 582 g/mol. The second-order valence-electron chi connectivity index (χ2n) is 9.29. The summed E-state index contributed by atoms with van der Waals surface area (Å²) in [5, 5.41) is 0. The molecule has 0 radical (unpaired) electrons. The lowest BCUT2D eigenvalue weighted by Gasteiger charge is -2.20. The topological polar surface area (TPSA) is 35.5 Å². The largest absolute Gasteiger partial charge is 0.527 e. The van der Waals surface area contributed by atoms with E-state index >= 15 is 0 Å². The van der Waals surface area contributed by atoms with Crippen LogP contribution in [0, 0.1) is 23.4 Å². The number of benzene rings is 3. The Kier molecular flexibility index (Phi) is 8.67. The zero-order valence-corrected chi connectivity index (χ0v) is 21.4. The van der Waals surface area contributed by atoms with Crippen molar-refractivity contribution in [3.63, 3.8) is 0 Å². The van der Waals surface area contributed by atoms with Gasteiger partial charge >= 0.3 is 18.4 Å². The third kappa shape index (κ3) is 7.21. The average Bonchev–Trinajstić information content (AvgIpc) is 2.87. The van der Waals surface area contributed by atoms with Crippen LogP contribution in [0.25, 0.3) is 16.7 Å². The number of hydrogen-bond acceptors (Lipinski definition) is 3. The van der Waals surface area contributed by atoms with Crippen molar-refractivity contribution in [3.05, 3.63) is 107 Å². The minimum atomic E-state index is -5.90. The van der Waals surface area contributed by atoms with Crippen molar-refractivity contribution >= 4 is 11.5 Å².